The Bertz CT molecular complexity index is 802. The topological polar surface area (TPSA) is 70.4 Å². The minimum absolute atomic E-state index is 0.234. The van der Waals surface area contributed by atoms with E-state index in [0.29, 0.717) is 24.1 Å². The molecule has 2 aromatic rings. The van der Waals surface area contributed by atoms with Crippen LogP contribution in [0.1, 0.15) is 37.0 Å². The predicted octanol–water partition coefficient (Wildman–Crippen LogP) is 1.98. The SMILES string of the molecule is CCN1CCCC1CNC(=NCc1ccccc1F)NCc1nnc(C)n1C. The fourth-order valence-electron chi connectivity index (χ4n) is 3.49. The van der Waals surface area contributed by atoms with Crippen molar-refractivity contribution in [2.45, 2.75) is 45.8 Å². The second-order valence-electron chi connectivity index (χ2n) is 7.14. The highest BCUT2D eigenvalue weighted by atomic mass is 19.1. The number of aromatic nitrogens is 3. The summed E-state index contributed by atoms with van der Waals surface area (Å²) in [6.07, 6.45) is 2.41. The van der Waals surface area contributed by atoms with Gasteiger partial charge >= 0.3 is 0 Å². The van der Waals surface area contributed by atoms with E-state index in [4.69, 9.17) is 0 Å². The number of hydrogen-bond acceptors (Lipinski definition) is 4. The number of aryl methyl sites for hydroxylation is 1. The number of halogens is 1. The first-order chi connectivity index (χ1) is 13.6. The quantitative estimate of drug-likeness (QED) is 0.562. The first-order valence-electron chi connectivity index (χ1n) is 9.93. The number of likely N-dealkylation sites (N-methyl/N-ethyl adjacent to an activating group) is 1. The van der Waals surface area contributed by atoms with E-state index in [1.165, 1.54) is 18.9 Å². The highest BCUT2D eigenvalue weighted by Gasteiger charge is 2.22. The molecule has 0 radical (unpaired) electrons. The van der Waals surface area contributed by atoms with Gasteiger partial charge < -0.3 is 15.2 Å². The van der Waals surface area contributed by atoms with E-state index in [0.717, 1.165) is 31.3 Å². The van der Waals surface area contributed by atoms with Gasteiger partial charge in [-0.15, -0.1) is 10.2 Å². The predicted molar refractivity (Wildman–Crippen MR) is 108 cm³/mol. The zero-order valence-corrected chi connectivity index (χ0v) is 17.0. The Morgan fingerprint density at radius 2 is 2.11 bits per heavy atom. The van der Waals surface area contributed by atoms with Gasteiger partial charge in [0.15, 0.2) is 11.8 Å². The van der Waals surface area contributed by atoms with Crippen molar-refractivity contribution >= 4 is 5.96 Å². The van der Waals surface area contributed by atoms with Crippen LogP contribution in [0.5, 0.6) is 0 Å². The normalized spacial score (nSPS) is 17.9. The van der Waals surface area contributed by atoms with Crippen LogP contribution in [0.2, 0.25) is 0 Å². The number of nitrogens with zero attached hydrogens (tertiary/aromatic N) is 5. The molecular formula is C20H30FN7. The highest BCUT2D eigenvalue weighted by molar-refractivity contribution is 5.79. The van der Waals surface area contributed by atoms with Crippen LogP contribution in [-0.4, -0.2) is 51.3 Å². The lowest BCUT2D eigenvalue weighted by Crippen LogP contribution is -2.44. The second-order valence-corrected chi connectivity index (χ2v) is 7.14. The minimum atomic E-state index is -0.234. The second kappa shape index (κ2) is 9.64. The molecule has 8 heteroatoms. The Balaban J connectivity index is 1.66. The molecule has 0 amide bonds. The molecule has 7 nitrogen and oxygen atoms in total. The first kappa shape index (κ1) is 20.3. The standard InChI is InChI=1S/C20H30FN7/c1-4-28-11-7-9-17(28)13-23-20(22-12-16-8-5-6-10-18(16)21)24-14-19-26-25-15(2)27(19)3/h5-6,8,10,17H,4,7,9,11-14H2,1-3H3,(H2,22,23,24). The van der Waals surface area contributed by atoms with Gasteiger partial charge in [-0.2, -0.15) is 0 Å². The van der Waals surface area contributed by atoms with Crippen LogP contribution in [0.4, 0.5) is 4.39 Å². The molecule has 1 aliphatic heterocycles. The van der Waals surface area contributed by atoms with Crippen molar-refractivity contribution in [3.8, 4) is 0 Å². The molecule has 3 rings (SSSR count). The Kier molecular flexibility index (Phi) is 6.97. The van der Waals surface area contributed by atoms with Crippen LogP contribution in [0.3, 0.4) is 0 Å². The van der Waals surface area contributed by atoms with Crippen molar-refractivity contribution in [1.29, 1.82) is 0 Å². The Labute approximate surface area is 166 Å². The van der Waals surface area contributed by atoms with Crippen molar-refractivity contribution in [3.05, 3.63) is 47.3 Å². The van der Waals surface area contributed by atoms with Crippen LogP contribution in [0.25, 0.3) is 0 Å². The number of nitrogens with one attached hydrogen (secondary N) is 2. The smallest absolute Gasteiger partial charge is 0.192 e. The summed E-state index contributed by atoms with van der Waals surface area (Å²) in [5.74, 6) is 2.11. The van der Waals surface area contributed by atoms with Gasteiger partial charge in [0.2, 0.25) is 0 Å². The van der Waals surface area contributed by atoms with Gasteiger partial charge in [-0.25, -0.2) is 9.38 Å². The third-order valence-electron chi connectivity index (χ3n) is 5.37. The van der Waals surface area contributed by atoms with Gasteiger partial charge in [-0.05, 0) is 38.9 Å². The zero-order chi connectivity index (χ0) is 19.9. The third-order valence-corrected chi connectivity index (χ3v) is 5.37. The molecular weight excluding hydrogens is 357 g/mol. The van der Waals surface area contributed by atoms with Crippen molar-refractivity contribution < 1.29 is 4.39 Å². The van der Waals surface area contributed by atoms with Gasteiger partial charge in [-0.1, -0.05) is 25.1 Å². The zero-order valence-electron chi connectivity index (χ0n) is 17.0. The summed E-state index contributed by atoms with van der Waals surface area (Å²) >= 11 is 0. The average Bonchev–Trinajstić information content (AvgIpc) is 3.29. The van der Waals surface area contributed by atoms with Gasteiger partial charge in [0, 0.05) is 25.2 Å². The van der Waals surface area contributed by atoms with Gasteiger partial charge in [0.1, 0.15) is 11.6 Å². The molecule has 0 bridgehead atoms. The Hall–Kier alpha value is -2.48. The van der Waals surface area contributed by atoms with Crippen LogP contribution >= 0.6 is 0 Å². The molecule has 0 spiro atoms. The van der Waals surface area contributed by atoms with Crippen molar-refractivity contribution in [2.24, 2.45) is 12.0 Å². The number of guanidine groups is 1. The molecule has 1 fully saturated rings. The summed E-state index contributed by atoms with van der Waals surface area (Å²) in [4.78, 5) is 7.08. The van der Waals surface area contributed by atoms with Crippen LogP contribution in [-0.2, 0) is 20.1 Å². The van der Waals surface area contributed by atoms with Crippen LogP contribution < -0.4 is 10.6 Å². The summed E-state index contributed by atoms with van der Waals surface area (Å²) in [7, 11) is 1.94. The molecule has 1 aromatic carbocycles. The van der Waals surface area contributed by atoms with Crippen molar-refractivity contribution in [3.63, 3.8) is 0 Å². The van der Waals surface area contributed by atoms with E-state index in [1.807, 2.05) is 24.6 Å². The molecule has 28 heavy (non-hydrogen) atoms. The Morgan fingerprint density at radius 3 is 2.82 bits per heavy atom. The average molecular weight is 388 g/mol. The van der Waals surface area contributed by atoms with E-state index in [1.54, 1.807) is 12.1 Å². The van der Waals surface area contributed by atoms with E-state index >= 15 is 0 Å². The fraction of sp³-hybridized carbons (Fsp3) is 0.550. The molecule has 1 aromatic heterocycles. The Morgan fingerprint density at radius 1 is 1.29 bits per heavy atom. The number of aliphatic imine (C=N–C) groups is 1. The lowest BCUT2D eigenvalue weighted by atomic mass is 10.2. The summed E-state index contributed by atoms with van der Waals surface area (Å²) in [6.45, 7) is 7.91. The van der Waals surface area contributed by atoms with Gasteiger partial charge in [0.25, 0.3) is 0 Å². The maximum Gasteiger partial charge on any atom is 0.192 e. The van der Waals surface area contributed by atoms with Crippen LogP contribution in [0.15, 0.2) is 29.3 Å². The number of benzene rings is 1. The van der Waals surface area contributed by atoms with E-state index in [2.05, 4.69) is 37.6 Å². The molecule has 0 saturated carbocycles. The third kappa shape index (κ3) is 5.07. The monoisotopic (exact) mass is 387 g/mol. The summed E-state index contributed by atoms with van der Waals surface area (Å²) in [5.41, 5.74) is 0.578. The molecule has 1 unspecified atom stereocenters. The summed E-state index contributed by atoms with van der Waals surface area (Å²) < 4.78 is 15.9. The largest absolute Gasteiger partial charge is 0.355 e. The molecule has 152 valence electrons. The maximum absolute atomic E-state index is 13.9. The van der Waals surface area contributed by atoms with Crippen molar-refractivity contribution in [2.75, 3.05) is 19.6 Å². The molecule has 0 aliphatic carbocycles. The maximum atomic E-state index is 13.9. The van der Waals surface area contributed by atoms with E-state index < -0.39 is 0 Å². The molecule has 1 atom stereocenters. The summed E-state index contributed by atoms with van der Waals surface area (Å²) in [5, 5.41) is 15.0. The number of hydrogen-bond donors (Lipinski definition) is 2. The molecule has 2 N–H and O–H groups in total. The van der Waals surface area contributed by atoms with E-state index in [-0.39, 0.29) is 12.4 Å². The fourth-order valence-corrected chi connectivity index (χ4v) is 3.49. The van der Waals surface area contributed by atoms with Gasteiger partial charge in [0.05, 0.1) is 13.1 Å². The van der Waals surface area contributed by atoms with Crippen molar-refractivity contribution in [1.82, 2.24) is 30.3 Å². The van der Waals surface area contributed by atoms with E-state index in [9.17, 15) is 4.39 Å². The molecule has 1 aliphatic rings. The van der Waals surface area contributed by atoms with Crippen LogP contribution in [0, 0.1) is 12.7 Å². The molecule has 1 saturated heterocycles. The minimum Gasteiger partial charge on any atom is -0.355 e. The van der Waals surface area contributed by atoms with Gasteiger partial charge in [-0.3, -0.25) is 4.90 Å². The number of likely N-dealkylation sites (tertiary alicyclic amines) is 1. The number of rotatable bonds is 7. The first-order valence-corrected chi connectivity index (χ1v) is 9.93. The lowest BCUT2D eigenvalue weighted by molar-refractivity contribution is 0.267. The lowest BCUT2D eigenvalue weighted by Gasteiger charge is -2.24. The molecule has 2 heterocycles. The highest BCUT2D eigenvalue weighted by Crippen LogP contribution is 2.15. The summed E-state index contributed by atoms with van der Waals surface area (Å²) in [6, 6.07) is 7.25.